The minimum atomic E-state index is -0.755. The summed E-state index contributed by atoms with van der Waals surface area (Å²) in [7, 11) is 0. The van der Waals surface area contributed by atoms with E-state index in [0.717, 1.165) is 5.69 Å². The summed E-state index contributed by atoms with van der Waals surface area (Å²) in [6.45, 7) is 0.428. The molecule has 0 saturated heterocycles. The van der Waals surface area contributed by atoms with Crippen molar-refractivity contribution >= 4 is 23.3 Å². The van der Waals surface area contributed by atoms with Gasteiger partial charge in [-0.15, -0.1) is 0 Å². The van der Waals surface area contributed by atoms with Crippen LogP contribution in [0.1, 0.15) is 12.8 Å². The molecule has 0 unspecified atom stereocenters. The van der Waals surface area contributed by atoms with E-state index in [4.69, 9.17) is 9.84 Å². The van der Waals surface area contributed by atoms with Crippen LogP contribution in [0.3, 0.4) is 0 Å². The molecule has 1 saturated carbocycles. The molecule has 0 bridgehead atoms. The summed E-state index contributed by atoms with van der Waals surface area (Å²) >= 11 is 0. The van der Waals surface area contributed by atoms with Gasteiger partial charge in [0.1, 0.15) is 5.75 Å². The lowest BCUT2D eigenvalue weighted by Gasteiger charge is -2.19. The molecule has 1 heterocycles. The van der Waals surface area contributed by atoms with Crippen molar-refractivity contribution in [3.8, 4) is 5.75 Å². The standard InChI is InChI=1S/C13H14N2O4/c16-11-6-19-10-2-1-8(5-9(10)15-11)14-7-13(3-4-13)12(17)18/h1-2,5,14H,3-4,6-7H2,(H,15,16)(H,17,18). The number of hydrogen-bond donors (Lipinski definition) is 3. The molecule has 6 nitrogen and oxygen atoms in total. The van der Waals surface area contributed by atoms with Crippen molar-refractivity contribution in [3.05, 3.63) is 18.2 Å². The number of carbonyl (C=O) groups excluding carboxylic acids is 1. The smallest absolute Gasteiger partial charge is 0.311 e. The van der Waals surface area contributed by atoms with E-state index in [1.165, 1.54) is 0 Å². The third kappa shape index (κ3) is 2.21. The average molecular weight is 262 g/mol. The van der Waals surface area contributed by atoms with Crippen molar-refractivity contribution in [2.75, 3.05) is 23.8 Å². The summed E-state index contributed by atoms with van der Waals surface area (Å²) < 4.78 is 5.25. The number of amides is 1. The van der Waals surface area contributed by atoms with Gasteiger partial charge in [0.05, 0.1) is 11.1 Å². The van der Waals surface area contributed by atoms with E-state index >= 15 is 0 Å². The van der Waals surface area contributed by atoms with E-state index in [2.05, 4.69) is 10.6 Å². The van der Waals surface area contributed by atoms with Crippen molar-refractivity contribution in [2.24, 2.45) is 5.41 Å². The van der Waals surface area contributed by atoms with Crippen LogP contribution in [0.15, 0.2) is 18.2 Å². The topological polar surface area (TPSA) is 87.7 Å². The molecule has 1 amide bonds. The highest BCUT2D eigenvalue weighted by atomic mass is 16.5. The second kappa shape index (κ2) is 4.15. The van der Waals surface area contributed by atoms with Gasteiger partial charge in [0.2, 0.25) is 0 Å². The van der Waals surface area contributed by atoms with Gasteiger partial charge in [-0.3, -0.25) is 9.59 Å². The molecule has 100 valence electrons. The highest BCUT2D eigenvalue weighted by molar-refractivity contribution is 5.96. The molecule has 0 atom stereocenters. The van der Waals surface area contributed by atoms with E-state index in [9.17, 15) is 9.59 Å². The van der Waals surface area contributed by atoms with Crippen molar-refractivity contribution in [1.82, 2.24) is 0 Å². The summed E-state index contributed by atoms with van der Waals surface area (Å²) in [6.07, 6.45) is 1.42. The van der Waals surface area contributed by atoms with Crippen LogP contribution in [0.4, 0.5) is 11.4 Å². The summed E-state index contributed by atoms with van der Waals surface area (Å²) in [5.41, 5.74) is 0.772. The normalized spacial score (nSPS) is 18.8. The van der Waals surface area contributed by atoms with E-state index in [-0.39, 0.29) is 12.5 Å². The first kappa shape index (κ1) is 11.8. The second-order valence-corrected chi connectivity index (χ2v) is 4.99. The first-order valence-corrected chi connectivity index (χ1v) is 6.13. The van der Waals surface area contributed by atoms with E-state index < -0.39 is 11.4 Å². The lowest BCUT2D eigenvalue weighted by Crippen LogP contribution is -2.26. The number of carboxylic acid groups (broad SMARTS) is 1. The fourth-order valence-electron chi connectivity index (χ4n) is 2.08. The van der Waals surface area contributed by atoms with Gasteiger partial charge in [0, 0.05) is 12.2 Å². The highest BCUT2D eigenvalue weighted by Gasteiger charge is 2.49. The largest absolute Gasteiger partial charge is 0.482 e. The minimum Gasteiger partial charge on any atom is -0.482 e. The molecule has 6 heteroatoms. The van der Waals surface area contributed by atoms with Crippen LogP contribution in [0.25, 0.3) is 0 Å². The van der Waals surface area contributed by atoms with Crippen molar-refractivity contribution in [3.63, 3.8) is 0 Å². The fourth-order valence-corrected chi connectivity index (χ4v) is 2.08. The van der Waals surface area contributed by atoms with Gasteiger partial charge in [0.15, 0.2) is 6.61 Å². The number of benzene rings is 1. The van der Waals surface area contributed by atoms with E-state index in [1.54, 1.807) is 12.1 Å². The van der Waals surface area contributed by atoms with Gasteiger partial charge in [-0.2, -0.15) is 0 Å². The van der Waals surface area contributed by atoms with E-state index in [0.29, 0.717) is 30.8 Å². The highest BCUT2D eigenvalue weighted by Crippen LogP contribution is 2.46. The summed E-state index contributed by atoms with van der Waals surface area (Å²) in [4.78, 5) is 22.3. The molecule has 0 spiro atoms. The Hall–Kier alpha value is -2.24. The summed E-state index contributed by atoms with van der Waals surface area (Å²) in [5.74, 6) is -0.312. The molecule has 3 rings (SSSR count). The molecule has 1 aromatic carbocycles. The molecule has 19 heavy (non-hydrogen) atoms. The van der Waals surface area contributed by atoms with Gasteiger partial charge in [-0.05, 0) is 31.0 Å². The van der Waals surface area contributed by atoms with Crippen molar-refractivity contribution in [2.45, 2.75) is 12.8 Å². The Morgan fingerprint density at radius 1 is 1.47 bits per heavy atom. The van der Waals surface area contributed by atoms with Crippen LogP contribution in [0.5, 0.6) is 5.75 Å². The zero-order chi connectivity index (χ0) is 13.5. The number of aliphatic carboxylic acids is 1. The Kier molecular flexibility index (Phi) is 2.58. The van der Waals surface area contributed by atoms with Crippen LogP contribution in [-0.2, 0) is 9.59 Å². The Bertz CT molecular complexity index is 552. The van der Waals surface area contributed by atoms with Gasteiger partial charge < -0.3 is 20.5 Å². The van der Waals surface area contributed by atoms with Crippen LogP contribution in [0.2, 0.25) is 0 Å². The summed E-state index contributed by atoms with van der Waals surface area (Å²) in [5, 5.41) is 14.9. The number of hydrogen-bond acceptors (Lipinski definition) is 4. The van der Waals surface area contributed by atoms with Crippen molar-refractivity contribution < 1.29 is 19.4 Å². The first-order valence-electron chi connectivity index (χ1n) is 6.13. The third-order valence-corrected chi connectivity index (χ3v) is 3.55. The number of carboxylic acids is 1. The quantitative estimate of drug-likeness (QED) is 0.761. The van der Waals surface area contributed by atoms with Crippen LogP contribution in [0, 0.1) is 5.41 Å². The van der Waals surface area contributed by atoms with E-state index in [1.807, 2.05) is 6.07 Å². The van der Waals surface area contributed by atoms with Crippen LogP contribution in [-0.4, -0.2) is 30.1 Å². The zero-order valence-electron chi connectivity index (χ0n) is 10.2. The molecular formula is C13H14N2O4. The molecule has 1 aliphatic carbocycles. The number of anilines is 2. The van der Waals surface area contributed by atoms with Crippen LogP contribution >= 0.6 is 0 Å². The predicted molar refractivity (Wildman–Crippen MR) is 68.4 cm³/mol. The SMILES string of the molecule is O=C1COc2ccc(NCC3(C(=O)O)CC3)cc2N1. The maximum atomic E-state index is 11.2. The summed E-state index contributed by atoms with van der Waals surface area (Å²) in [6, 6.07) is 5.33. The number of carbonyl (C=O) groups is 2. The average Bonchev–Trinajstić information content (AvgIpc) is 3.17. The Morgan fingerprint density at radius 3 is 2.95 bits per heavy atom. The number of nitrogens with one attached hydrogen (secondary N) is 2. The lowest BCUT2D eigenvalue weighted by atomic mass is 10.1. The zero-order valence-corrected chi connectivity index (χ0v) is 10.2. The maximum Gasteiger partial charge on any atom is 0.311 e. The molecular weight excluding hydrogens is 248 g/mol. The fraction of sp³-hybridized carbons (Fsp3) is 0.385. The van der Waals surface area contributed by atoms with Gasteiger partial charge in [0.25, 0.3) is 5.91 Å². The van der Waals surface area contributed by atoms with Gasteiger partial charge in [-0.1, -0.05) is 0 Å². The first-order chi connectivity index (χ1) is 9.09. The molecule has 1 aromatic rings. The monoisotopic (exact) mass is 262 g/mol. The van der Waals surface area contributed by atoms with Gasteiger partial charge in [-0.25, -0.2) is 0 Å². The minimum absolute atomic E-state index is 0.0297. The molecule has 0 aromatic heterocycles. The number of ether oxygens (including phenoxy) is 1. The molecule has 0 radical (unpaired) electrons. The van der Waals surface area contributed by atoms with Crippen molar-refractivity contribution in [1.29, 1.82) is 0 Å². The second-order valence-electron chi connectivity index (χ2n) is 4.99. The number of fused-ring (bicyclic) bond motifs is 1. The lowest BCUT2D eigenvalue weighted by molar-refractivity contribution is -0.142. The van der Waals surface area contributed by atoms with Gasteiger partial charge >= 0.3 is 5.97 Å². The van der Waals surface area contributed by atoms with Crippen LogP contribution < -0.4 is 15.4 Å². The predicted octanol–water partition coefficient (Wildman–Crippen LogP) is 1.29. The third-order valence-electron chi connectivity index (χ3n) is 3.55. The molecule has 3 N–H and O–H groups in total. The maximum absolute atomic E-state index is 11.2. The molecule has 2 aliphatic rings. The number of rotatable bonds is 4. The molecule has 1 aliphatic heterocycles. The Labute approximate surface area is 109 Å². The Balaban J connectivity index is 1.71. The molecule has 1 fully saturated rings. The Morgan fingerprint density at radius 2 is 2.26 bits per heavy atom.